The minimum absolute atomic E-state index is 0. The van der Waals surface area contributed by atoms with Crippen LogP contribution in [0.3, 0.4) is 0 Å². The Morgan fingerprint density at radius 3 is 2.53 bits per heavy atom. The summed E-state index contributed by atoms with van der Waals surface area (Å²) >= 11 is 0. The van der Waals surface area contributed by atoms with Gasteiger partial charge in [-0.05, 0) is 24.1 Å². The average Bonchev–Trinajstić information content (AvgIpc) is 2.80. The van der Waals surface area contributed by atoms with E-state index in [2.05, 4.69) is 4.98 Å². The molecule has 1 aromatic heterocycles. The second-order valence-corrected chi connectivity index (χ2v) is 3.55. The van der Waals surface area contributed by atoms with Gasteiger partial charge in [0.25, 0.3) is 0 Å². The molecule has 1 aromatic carbocycles. The summed E-state index contributed by atoms with van der Waals surface area (Å²) in [4.78, 5) is 14.6. The predicted molar refractivity (Wildman–Crippen MR) is 66.6 cm³/mol. The van der Waals surface area contributed by atoms with E-state index in [0.29, 0.717) is 5.56 Å². The van der Waals surface area contributed by atoms with Crippen LogP contribution in [-0.2, 0) is 13.0 Å². The Morgan fingerprint density at radius 1 is 1.29 bits per heavy atom. The van der Waals surface area contributed by atoms with E-state index in [-0.39, 0.29) is 12.4 Å². The van der Waals surface area contributed by atoms with Crippen molar-refractivity contribution >= 4 is 18.4 Å². The lowest BCUT2D eigenvalue weighted by atomic mass is 10.1. The fourth-order valence-corrected chi connectivity index (χ4v) is 1.49. The maximum atomic E-state index is 10.6. The number of aryl methyl sites for hydroxylation is 2. The van der Waals surface area contributed by atoms with Gasteiger partial charge in [-0.25, -0.2) is 9.78 Å². The molecule has 2 rings (SSSR count). The molecule has 0 spiro atoms. The largest absolute Gasteiger partial charge is 0.478 e. The number of rotatable bonds is 4. The molecule has 5 heteroatoms. The molecule has 0 atom stereocenters. The van der Waals surface area contributed by atoms with Gasteiger partial charge in [0.15, 0.2) is 0 Å². The molecule has 90 valence electrons. The minimum Gasteiger partial charge on any atom is -0.478 e. The van der Waals surface area contributed by atoms with Gasteiger partial charge in [0.05, 0.1) is 11.9 Å². The van der Waals surface area contributed by atoms with Crippen LogP contribution in [0.4, 0.5) is 0 Å². The van der Waals surface area contributed by atoms with Crippen molar-refractivity contribution < 1.29 is 9.90 Å². The number of benzene rings is 1. The molecular formula is C12H13ClN2O2. The fraction of sp³-hybridized carbons (Fsp3) is 0.167. The smallest absolute Gasteiger partial charge is 0.335 e. The van der Waals surface area contributed by atoms with Crippen LogP contribution in [0.5, 0.6) is 0 Å². The molecule has 0 aliphatic rings. The number of imidazole rings is 1. The second-order valence-electron chi connectivity index (χ2n) is 3.55. The highest BCUT2D eigenvalue weighted by molar-refractivity contribution is 5.87. The van der Waals surface area contributed by atoms with E-state index < -0.39 is 5.97 Å². The maximum absolute atomic E-state index is 10.6. The van der Waals surface area contributed by atoms with Gasteiger partial charge in [-0.15, -0.1) is 12.4 Å². The number of carbonyl (C=O) groups is 1. The summed E-state index contributed by atoms with van der Waals surface area (Å²) in [5.74, 6) is -0.888. The van der Waals surface area contributed by atoms with Crippen LogP contribution in [0, 0.1) is 0 Å². The number of aromatic nitrogens is 2. The van der Waals surface area contributed by atoms with Crippen molar-refractivity contribution in [2.45, 2.75) is 13.0 Å². The standard InChI is InChI=1S/C12H12N2O2.ClH/c15-12(16)11-3-1-10(2-4-11)5-7-14-8-6-13-9-14;/h1-4,6,8-9H,5,7H2,(H,15,16);1H. The van der Waals surface area contributed by atoms with Gasteiger partial charge in [-0.1, -0.05) is 12.1 Å². The Hall–Kier alpha value is -1.81. The molecule has 2 aromatic rings. The van der Waals surface area contributed by atoms with Crippen LogP contribution >= 0.6 is 12.4 Å². The van der Waals surface area contributed by atoms with Crippen molar-refractivity contribution in [1.82, 2.24) is 9.55 Å². The Bertz CT molecular complexity index is 466. The van der Waals surface area contributed by atoms with E-state index in [4.69, 9.17) is 5.11 Å². The monoisotopic (exact) mass is 252 g/mol. The van der Waals surface area contributed by atoms with Crippen LogP contribution in [0.2, 0.25) is 0 Å². The lowest BCUT2D eigenvalue weighted by Crippen LogP contribution is -2.00. The Balaban J connectivity index is 0.00000144. The fourth-order valence-electron chi connectivity index (χ4n) is 1.49. The van der Waals surface area contributed by atoms with Crippen molar-refractivity contribution in [3.8, 4) is 0 Å². The topological polar surface area (TPSA) is 55.1 Å². The van der Waals surface area contributed by atoms with Gasteiger partial charge in [-0.3, -0.25) is 0 Å². The minimum atomic E-state index is -0.888. The SMILES string of the molecule is Cl.O=C(O)c1ccc(CCn2ccnc2)cc1. The van der Waals surface area contributed by atoms with Gasteiger partial charge in [0, 0.05) is 18.9 Å². The van der Waals surface area contributed by atoms with Crippen molar-refractivity contribution in [3.05, 3.63) is 54.1 Å². The highest BCUT2D eigenvalue weighted by atomic mass is 35.5. The molecule has 0 saturated heterocycles. The first-order valence-electron chi connectivity index (χ1n) is 5.04. The van der Waals surface area contributed by atoms with E-state index in [1.54, 1.807) is 24.7 Å². The van der Waals surface area contributed by atoms with Crippen molar-refractivity contribution in [2.75, 3.05) is 0 Å². The van der Waals surface area contributed by atoms with Crippen LogP contribution in [0.15, 0.2) is 43.0 Å². The Kier molecular flexibility index (Phi) is 4.72. The Labute approximate surface area is 105 Å². The molecule has 1 heterocycles. The zero-order valence-corrected chi connectivity index (χ0v) is 9.93. The maximum Gasteiger partial charge on any atom is 0.335 e. The van der Waals surface area contributed by atoms with Crippen LogP contribution in [0.25, 0.3) is 0 Å². The summed E-state index contributed by atoms with van der Waals surface area (Å²) in [6.07, 6.45) is 6.29. The molecule has 0 bridgehead atoms. The molecule has 0 saturated carbocycles. The van der Waals surface area contributed by atoms with Gasteiger partial charge in [-0.2, -0.15) is 0 Å². The molecule has 0 aliphatic carbocycles. The summed E-state index contributed by atoms with van der Waals surface area (Å²) in [6.45, 7) is 0.854. The normalized spacial score (nSPS) is 9.65. The van der Waals surface area contributed by atoms with Crippen LogP contribution < -0.4 is 0 Å². The number of halogens is 1. The second kappa shape index (κ2) is 6.06. The summed E-state index contributed by atoms with van der Waals surface area (Å²) in [7, 11) is 0. The predicted octanol–water partition coefficient (Wildman–Crippen LogP) is 2.25. The molecule has 0 fully saturated rings. The first kappa shape index (κ1) is 13.3. The lowest BCUT2D eigenvalue weighted by molar-refractivity contribution is 0.0697. The number of hydrogen-bond donors (Lipinski definition) is 1. The van der Waals surface area contributed by atoms with E-state index in [1.165, 1.54) is 0 Å². The van der Waals surface area contributed by atoms with Gasteiger partial charge in [0.2, 0.25) is 0 Å². The van der Waals surface area contributed by atoms with Gasteiger partial charge in [0.1, 0.15) is 0 Å². The van der Waals surface area contributed by atoms with Crippen molar-refractivity contribution in [2.24, 2.45) is 0 Å². The molecule has 17 heavy (non-hydrogen) atoms. The number of hydrogen-bond acceptors (Lipinski definition) is 2. The van der Waals surface area contributed by atoms with E-state index in [0.717, 1.165) is 18.5 Å². The van der Waals surface area contributed by atoms with Crippen molar-refractivity contribution in [3.63, 3.8) is 0 Å². The summed E-state index contributed by atoms with van der Waals surface area (Å²) in [5, 5.41) is 8.74. The highest BCUT2D eigenvalue weighted by Crippen LogP contribution is 2.06. The summed E-state index contributed by atoms with van der Waals surface area (Å²) < 4.78 is 1.99. The van der Waals surface area contributed by atoms with Gasteiger partial charge >= 0.3 is 5.97 Å². The zero-order chi connectivity index (χ0) is 11.4. The third-order valence-corrected chi connectivity index (χ3v) is 2.42. The molecule has 0 amide bonds. The van der Waals surface area contributed by atoms with Crippen LogP contribution in [0.1, 0.15) is 15.9 Å². The molecule has 4 nitrogen and oxygen atoms in total. The van der Waals surface area contributed by atoms with Crippen molar-refractivity contribution in [1.29, 1.82) is 0 Å². The van der Waals surface area contributed by atoms with E-state index in [9.17, 15) is 4.79 Å². The van der Waals surface area contributed by atoms with Gasteiger partial charge < -0.3 is 9.67 Å². The number of carboxylic acids is 1. The Morgan fingerprint density at radius 2 is 2.00 bits per heavy atom. The highest BCUT2D eigenvalue weighted by Gasteiger charge is 2.01. The first-order chi connectivity index (χ1) is 7.75. The first-order valence-corrected chi connectivity index (χ1v) is 5.04. The van der Waals surface area contributed by atoms with E-state index in [1.807, 2.05) is 22.9 Å². The quantitative estimate of drug-likeness (QED) is 0.908. The average molecular weight is 253 g/mol. The lowest BCUT2D eigenvalue weighted by Gasteiger charge is -2.03. The van der Waals surface area contributed by atoms with E-state index >= 15 is 0 Å². The third-order valence-electron chi connectivity index (χ3n) is 2.42. The number of carboxylic acid groups (broad SMARTS) is 1. The number of aromatic carboxylic acids is 1. The molecule has 0 aliphatic heterocycles. The molecule has 0 unspecified atom stereocenters. The van der Waals surface area contributed by atoms with Crippen LogP contribution in [-0.4, -0.2) is 20.6 Å². The molecule has 1 N–H and O–H groups in total. The summed E-state index contributed by atoms with van der Waals surface area (Å²) in [6, 6.07) is 6.96. The molecule has 0 radical (unpaired) electrons. The zero-order valence-electron chi connectivity index (χ0n) is 9.11. The molecular weight excluding hydrogens is 240 g/mol. The number of nitrogens with zero attached hydrogens (tertiary/aromatic N) is 2. The summed E-state index contributed by atoms with van der Waals surface area (Å²) in [5.41, 5.74) is 1.45. The third kappa shape index (κ3) is 3.60.